The number of nitrogens with two attached hydrogens (primary N) is 2. The Bertz CT molecular complexity index is 1830. The summed E-state index contributed by atoms with van der Waals surface area (Å²) in [6, 6.07) is -0.155. The first-order valence-corrected chi connectivity index (χ1v) is 40.3. The van der Waals surface area contributed by atoms with Crippen molar-refractivity contribution in [3.8, 4) is 0 Å². The van der Waals surface area contributed by atoms with Crippen molar-refractivity contribution in [2.75, 3.05) is 67.7 Å². The standard InChI is InChI=1S/C55H108N2O6.C27H50N2O6.CH4/c1-9-13-17-19-21-23-25-27-29-37-46-56(5,6)50(40-31-15-11-3)52(58)42-33-35-44-54(60)62-48-39-49-63-55(61)45-36-34-43-53(59)51(41-32-16-12-4)57(7,8)47-38-30-28-26-24-22-20-18-14-10-2;1-3-5-7-14-22(28)24(30)16-9-11-18-26(32)34-20-13-21-35-27(33)19-12-10-17-25(31)23(29)15-8-6-4-2;/h33-36,50-53,58-59H,9-32,37-49H2,1-8H3;9-12,22-25,30-31H,3-8,13-21,28-29H2,1-2H3;1H4/q+2;;/b35-33+,36-34+;11-9+,12-10+;. The number of hydrogen-bond acceptors (Lipinski definition) is 14. The second-order valence-electron chi connectivity index (χ2n) is 29.3. The molecule has 0 bridgehead atoms. The highest BCUT2D eigenvalue weighted by Gasteiger charge is 2.34. The first-order valence-electron chi connectivity index (χ1n) is 40.3. The topological polar surface area (TPSA) is 238 Å². The molecule has 0 saturated heterocycles. The molecule has 0 aromatic rings. The van der Waals surface area contributed by atoms with E-state index in [1.807, 2.05) is 24.3 Å². The van der Waals surface area contributed by atoms with Gasteiger partial charge in [0.05, 0.1) is 106 Å². The zero-order chi connectivity index (χ0) is 73.2. The van der Waals surface area contributed by atoms with Gasteiger partial charge in [-0.1, -0.05) is 265 Å². The lowest BCUT2D eigenvalue weighted by atomic mass is 9.96. The van der Waals surface area contributed by atoms with E-state index in [0.717, 1.165) is 99.1 Å². The molecule has 0 saturated carbocycles. The molecular formula is C83H162N4O12+2. The Kier molecular flexibility index (Phi) is 70.7. The normalized spacial score (nSPS) is 14.5. The predicted molar refractivity (Wildman–Crippen MR) is 415 cm³/mol. The number of ether oxygens (including phenoxy) is 4. The van der Waals surface area contributed by atoms with Gasteiger partial charge < -0.3 is 59.8 Å². The molecule has 0 rings (SSSR count). The van der Waals surface area contributed by atoms with Crippen LogP contribution in [0.3, 0.4) is 0 Å². The van der Waals surface area contributed by atoms with Crippen molar-refractivity contribution in [2.45, 2.75) is 393 Å². The fourth-order valence-corrected chi connectivity index (χ4v) is 12.6. The Morgan fingerprint density at radius 3 is 0.768 bits per heavy atom. The Hall–Kier alpha value is -3.48. The van der Waals surface area contributed by atoms with Crippen LogP contribution < -0.4 is 11.5 Å². The zero-order valence-electron chi connectivity index (χ0n) is 65.1. The van der Waals surface area contributed by atoms with Crippen LogP contribution in [0.2, 0.25) is 0 Å². The van der Waals surface area contributed by atoms with E-state index in [2.05, 4.69) is 69.7 Å². The number of quaternary nitrogens is 2. The fraction of sp³-hybridized carbons (Fsp3) is 0.855. The van der Waals surface area contributed by atoms with Gasteiger partial charge in [-0.25, -0.2) is 0 Å². The minimum Gasteiger partial charge on any atom is -0.465 e. The van der Waals surface area contributed by atoms with Gasteiger partial charge in [0.1, 0.15) is 24.3 Å². The summed E-state index contributed by atoms with van der Waals surface area (Å²) in [5.41, 5.74) is 11.9. The van der Waals surface area contributed by atoms with Crippen molar-refractivity contribution < 1.29 is 67.5 Å². The van der Waals surface area contributed by atoms with Gasteiger partial charge in [-0.2, -0.15) is 0 Å². The maximum atomic E-state index is 12.4. The smallest absolute Gasteiger partial charge is 0.309 e. The number of nitrogens with zero attached hydrogens (tertiary/aromatic N) is 2. The molecule has 0 aromatic carbocycles. The van der Waals surface area contributed by atoms with Crippen LogP contribution in [0.15, 0.2) is 48.6 Å². The SMILES string of the molecule is C.CCCCCC(N)C(O)C/C=C/CC(=O)OCCCOC(=O)C/C=C/CC(O)C(N)CCCCC.CCCCCCCCCCCC[N+](C)(C)C(CCCCC)C(O)C/C=C/CC(=O)OCCCOC(=O)C/C=C/CC(O)C(CCCCC)[N+](C)(C)CCCCCCCCCCCC. The number of carbonyl (C=O) groups is 4. The molecule has 0 heterocycles. The van der Waals surface area contributed by atoms with Gasteiger partial charge in [0.25, 0.3) is 0 Å². The van der Waals surface area contributed by atoms with Crippen molar-refractivity contribution in [3.05, 3.63) is 48.6 Å². The highest BCUT2D eigenvalue weighted by atomic mass is 16.6. The summed E-state index contributed by atoms with van der Waals surface area (Å²) in [4.78, 5) is 48.3. The van der Waals surface area contributed by atoms with E-state index in [1.165, 1.54) is 154 Å². The average Bonchev–Trinajstić information content (AvgIpc) is 0.859. The van der Waals surface area contributed by atoms with E-state index in [0.29, 0.717) is 38.5 Å². The fourth-order valence-electron chi connectivity index (χ4n) is 12.6. The van der Waals surface area contributed by atoms with Crippen molar-refractivity contribution >= 4 is 23.9 Å². The molecule has 0 spiro atoms. The van der Waals surface area contributed by atoms with Crippen LogP contribution in [-0.4, -0.2) is 170 Å². The van der Waals surface area contributed by atoms with E-state index in [1.54, 1.807) is 24.3 Å². The summed E-state index contributed by atoms with van der Waals surface area (Å²) >= 11 is 0. The van der Waals surface area contributed by atoms with Crippen molar-refractivity contribution in [2.24, 2.45) is 11.5 Å². The Labute approximate surface area is 609 Å². The zero-order valence-corrected chi connectivity index (χ0v) is 65.1. The van der Waals surface area contributed by atoms with Gasteiger partial charge in [0.2, 0.25) is 0 Å². The lowest BCUT2D eigenvalue weighted by molar-refractivity contribution is -0.919. The molecule has 0 fully saturated rings. The van der Waals surface area contributed by atoms with Crippen LogP contribution >= 0.6 is 0 Å². The molecule has 99 heavy (non-hydrogen) atoms. The Balaban J connectivity index is -0.00000216. The molecule has 0 aliphatic heterocycles. The molecule has 16 heteroatoms. The van der Waals surface area contributed by atoms with E-state index >= 15 is 0 Å². The molecule has 0 aliphatic rings. The van der Waals surface area contributed by atoms with Gasteiger partial charge in [-0.15, -0.1) is 0 Å². The molecule has 0 amide bonds. The molecular weight excluding hydrogens is 1240 g/mol. The van der Waals surface area contributed by atoms with Gasteiger partial charge in [0.15, 0.2) is 0 Å². The summed E-state index contributed by atoms with van der Waals surface area (Å²) in [6.45, 7) is 16.1. The third-order valence-corrected chi connectivity index (χ3v) is 19.3. The predicted octanol–water partition coefficient (Wildman–Crippen LogP) is 18.1. The minimum atomic E-state index is -0.609. The number of likely N-dealkylation sites (N-methyl/N-ethyl adjacent to an activating group) is 2. The molecule has 0 aromatic heterocycles. The average molecular weight is 1410 g/mol. The Morgan fingerprint density at radius 1 is 0.303 bits per heavy atom. The van der Waals surface area contributed by atoms with Crippen molar-refractivity contribution in [3.63, 3.8) is 0 Å². The number of esters is 4. The molecule has 8 N–H and O–H groups in total. The maximum Gasteiger partial charge on any atom is 0.309 e. The van der Waals surface area contributed by atoms with Crippen LogP contribution in [0.1, 0.15) is 344 Å². The highest BCUT2D eigenvalue weighted by molar-refractivity contribution is 5.72. The minimum absolute atomic E-state index is 0. The van der Waals surface area contributed by atoms with Crippen molar-refractivity contribution in [1.82, 2.24) is 0 Å². The van der Waals surface area contributed by atoms with Crippen LogP contribution in [0.5, 0.6) is 0 Å². The number of carbonyl (C=O) groups excluding carboxylic acids is 4. The third-order valence-electron chi connectivity index (χ3n) is 19.3. The van der Waals surface area contributed by atoms with Gasteiger partial charge in [-0.05, 0) is 77.0 Å². The molecule has 8 unspecified atom stereocenters. The lowest BCUT2D eigenvalue weighted by Crippen LogP contribution is -2.54. The largest absolute Gasteiger partial charge is 0.465 e. The number of aliphatic hydroxyl groups excluding tert-OH is 4. The number of hydrogen-bond donors (Lipinski definition) is 6. The summed E-state index contributed by atoms with van der Waals surface area (Å²) < 4.78 is 22.6. The van der Waals surface area contributed by atoms with Crippen LogP contribution in [0, 0.1) is 0 Å². The molecule has 0 aliphatic carbocycles. The monoisotopic (exact) mass is 1410 g/mol. The number of aliphatic hydroxyl groups is 4. The van der Waals surface area contributed by atoms with Gasteiger partial charge in [0, 0.05) is 37.8 Å². The van der Waals surface area contributed by atoms with Gasteiger partial charge >= 0.3 is 23.9 Å². The molecule has 16 nitrogen and oxygen atoms in total. The first kappa shape index (κ1) is 99.7. The summed E-state index contributed by atoms with van der Waals surface area (Å²) in [5.74, 6) is -1.38. The van der Waals surface area contributed by atoms with E-state index in [-0.39, 0.29) is 108 Å². The Morgan fingerprint density at radius 2 is 0.515 bits per heavy atom. The van der Waals surface area contributed by atoms with Crippen LogP contribution in [0.4, 0.5) is 0 Å². The first-order chi connectivity index (χ1) is 47.2. The van der Waals surface area contributed by atoms with Crippen molar-refractivity contribution in [1.29, 1.82) is 0 Å². The lowest BCUT2D eigenvalue weighted by Gasteiger charge is -2.41. The summed E-state index contributed by atoms with van der Waals surface area (Å²) in [5, 5.41) is 42.7. The molecule has 8 atom stereocenters. The summed E-state index contributed by atoms with van der Waals surface area (Å²) in [7, 11) is 9.11. The third kappa shape index (κ3) is 61.7. The van der Waals surface area contributed by atoms with E-state index < -0.39 is 24.4 Å². The second-order valence-corrected chi connectivity index (χ2v) is 29.3. The molecule has 0 radical (unpaired) electrons. The number of rotatable bonds is 68. The highest BCUT2D eigenvalue weighted by Crippen LogP contribution is 2.25. The van der Waals surface area contributed by atoms with Gasteiger partial charge in [-0.3, -0.25) is 19.2 Å². The van der Waals surface area contributed by atoms with Crippen LogP contribution in [0.25, 0.3) is 0 Å². The number of unbranched alkanes of at least 4 members (excludes halogenated alkanes) is 26. The second kappa shape index (κ2) is 70.2. The van der Waals surface area contributed by atoms with E-state index in [9.17, 15) is 39.6 Å². The maximum absolute atomic E-state index is 12.4. The summed E-state index contributed by atoms with van der Waals surface area (Å²) in [6.07, 6.45) is 59.1. The molecule has 584 valence electrons. The quantitative estimate of drug-likeness (QED) is 0.0109. The van der Waals surface area contributed by atoms with Crippen LogP contribution in [-0.2, 0) is 38.1 Å². The van der Waals surface area contributed by atoms with E-state index in [4.69, 9.17) is 30.4 Å².